The van der Waals surface area contributed by atoms with Crippen LogP contribution in [0.4, 0.5) is 5.69 Å². The summed E-state index contributed by atoms with van der Waals surface area (Å²) in [6.45, 7) is 1.51. The molecule has 4 rings (SSSR count). The number of carbonyl (C=O) groups is 2. The Bertz CT molecular complexity index is 1330. The number of aromatic nitrogens is 2. The summed E-state index contributed by atoms with van der Waals surface area (Å²) in [5.74, 6) is -1.17. The number of fused-ring (bicyclic) bond motifs is 1. The maximum atomic E-state index is 13.1. The highest BCUT2D eigenvalue weighted by atomic mass is 16.5. The van der Waals surface area contributed by atoms with Crippen molar-refractivity contribution in [3.8, 4) is 5.69 Å². The molecule has 0 saturated carbocycles. The van der Waals surface area contributed by atoms with E-state index in [9.17, 15) is 14.4 Å². The highest BCUT2D eigenvalue weighted by molar-refractivity contribution is 6.04. The van der Waals surface area contributed by atoms with E-state index in [1.54, 1.807) is 67.7 Å². The van der Waals surface area contributed by atoms with Gasteiger partial charge in [-0.05, 0) is 37.3 Å². The number of rotatable bonds is 5. The van der Waals surface area contributed by atoms with Gasteiger partial charge >= 0.3 is 5.97 Å². The van der Waals surface area contributed by atoms with Crippen molar-refractivity contribution in [1.82, 2.24) is 9.78 Å². The van der Waals surface area contributed by atoms with Crippen molar-refractivity contribution in [2.45, 2.75) is 13.0 Å². The van der Waals surface area contributed by atoms with Gasteiger partial charge in [0.15, 0.2) is 11.8 Å². The number of carbonyl (C=O) groups excluding carboxylic acids is 2. The molecule has 1 unspecified atom stereocenters. The van der Waals surface area contributed by atoms with Crippen molar-refractivity contribution in [3.05, 3.63) is 101 Å². The molecule has 1 amide bonds. The number of amides is 1. The number of likely N-dealkylation sites (N-methyl/N-ethyl adjacent to an activating group) is 1. The highest BCUT2D eigenvalue weighted by Gasteiger charge is 2.26. The van der Waals surface area contributed by atoms with E-state index < -0.39 is 12.1 Å². The lowest BCUT2D eigenvalue weighted by atomic mass is 10.1. The van der Waals surface area contributed by atoms with Gasteiger partial charge in [0.2, 0.25) is 0 Å². The van der Waals surface area contributed by atoms with Crippen LogP contribution in [-0.2, 0) is 9.53 Å². The number of anilines is 1. The molecular formula is C25H21N3O4. The average Bonchev–Trinajstić information content (AvgIpc) is 2.84. The fourth-order valence-corrected chi connectivity index (χ4v) is 3.40. The Morgan fingerprint density at radius 1 is 0.875 bits per heavy atom. The van der Waals surface area contributed by atoms with Crippen molar-refractivity contribution < 1.29 is 14.3 Å². The summed E-state index contributed by atoms with van der Waals surface area (Å²) >= 11 is 0. The topological polar surface area (TPSA) is 81.5 Å². The fraction of sp³-hybridized carbons (Fsp3) is 0.120. The first kappa shape index (κ1) is 21.0. The zero-order chi connectivity index (χ0) is 22.7. The molecule has 0 fully saturated rings. The highest BCUT2D eigenvalue weighted by Crippen LogP contribution is 2.18. The van der Waals surface area contributed by atoms with Gasteiger partial charge in [0.25, 0.3) is 11.5 Å². The lowest BCUT2D eigenvalue weighted by Gasteiger charge is -2.21. The van der Waals surface area contributed by atoms with Crippen LogP contribution in [-0.4, -0.2) is 34.8 Å². The number of hydrogen-bond acceptors (Lipinski definition) is 5. The summed E-state index contributed by atoms with van der Waals surface area (Å²) in [6.07, 6.45) is -1.05. The van der Waals surface area contributed by atoms with Crippen LogP contribution in [0.25, 0.3) is 16.5 Å². The normalized spacial score (nSPS) is 11.7. The van der Waals surface area contributed by atoms with E-state index in [1.807, 2.05) is 24.3 Å². The molecule has 0 N–H and O–H groups in total. The first-order chi connectivity index (χ1) is 15.5. The Morgan fingerprint density at radius 2 is 1.44 bits per heavy atom. The summed E-state index contributed by atoms with van der Waals surface area (Å²) in [5.41, 5.74) is 0.814. The smallest absolute Gasteiger partial charge is 0.360 e. The minimum absolute atomic E-state index is 0.0360. The van der Waals surface area contributed by atoms with Crippen molar-refractivity contribution in [3.63, 3.8) is 0 Å². The number of nitrogens with zero attached hydrogens (tertiary/aromatic N) is 3. The molecule has 0 aliphatic carbocycles. The van der Waals surface area contributed by atoms with E-state index in [1.165, 1.54) is 16.5 Å². The van der Waals surface area contributed by atoms with Gasteiger partial charge in [0, 0.05) is 18.1 Å². The molecule has 1 atom stereocenters. The monoisotopic (exact) mass is 427 g/mol. The fourth-order valence-electron chi connectivity index (χ4n) is 3.40. The van der Waals surface area contributed by atoms with Crippen LogP contribution in [0.5, 0.6) is 0 Å². The molecular weight excluding hydrogens is 406 g/mol. The standard InChI is InChI=1S/C25H21N3O4/c1-17(23(29)27(2)18-11-5-3-6-12-18)32-25(31)22-20-15-9-10-16-21(20)24(30)28(26-22)19-13-7-4-8-14-19/h3-17H,1-2H3. The van der Waals surface area contributed by atoms with E-state index in [0.29, 0.717) is 22.1 Å². The predicted octanol–water partition coefficient (Wildman–Crippen LogP) is 3.59. The van der Waals surface area contributed by atoms with E-state index in [4.69, 9.17) is 4.74 Å². The van der Waals surface area contributed by atoms with E-state index in [2.05, 4.69) is 5.10 Å². The summed E-state index contributed by atoms with van der Waals surface area (Å²) in [6, 6.07) is 24.6. The van der Waals surface area contributed by atoms with Crippen LogP contribution in [0.2, 0.25) is 0 Å². The Hall–Kier alpha value is -4.26. The molecule has 3 aromatic carbocycles. The largest absolute Gasteiger partial charge is 0.448 e. The molecule has 1 heterocycles. The van der Waals surface area contributed by atoms with E-state index in [-0.39, 0.29) is 17.2 Å². The minimum atomic E-state index is -1.05. The molecule has 7 heteroatoms. The molecule has 1 aromatic heterocycles. The molecule has 0 radical (unpaired) electrons. The summed E-state index contributed by atoms with van der Waals surface area (Å²) in [7, 11) is 1.62. The third-order valence-corrected chi connectivity index (χ3v) is 5.10. The molecule has 4 aromatic rings. The minimum Gasteiger partial charge on any atom is -0.448 e. The summed E-state index contributed by atoms with van der Waals surface area (Å²) < 4.78 is 6.64. The lowest BCUT2D eigenvalue weighted by Crippen LogP contribution is -2.38. The van der Waals surface area contributed by atoms with Crippen LogP contribution in [0.3, 0.4) is 0 Å². The first-order valence-electron chi connectivity index (χ1n) is 10.1. The van der Waals surface area contributed by atoms with Crippen molar-refractivity contribution in [2.75, 3.05) is 11.9 Å². The van der Waals surface area contributed by atoms with Crippen LogP contribution in [0, 0.1) is 0 Å². The van der Waals surface area contributed by atoms with Crippen LogP contribution in [0.1, 0.15) is 17.4 Å². The second kappa shape index (κ2) is 8.85. The molecule has 32 heavy (non-hydrogen) atoms. The number of para-hydroxylation sites is 2. The van der Waals surface area contributed by atoms with Crippen molar-refractivity contribution in [2.24, 2.45) is 0 Å². The van der Waals surface area contributed by atoms with Gasteiger partial charge in [-0.25, -0.2) is 4.79 Å². The van der Waals surface area contributed by atoms with Crippen molar-refractivity contribution >= 4 is 28.3 Å². The zero-order valence-corrected chi connectivity index (χ0v) is 17.6. The molecule has 0 bridgehead atoms. The molecule has 0 aliphatic rings. The quantitative estimate of drug-likeness (QED) is 0.455. The Morgan fingerprint density at radius 3 is 2.09 bits per heavy atom. The van der Waals surface area contributed by atoms with Gasteiger partial charge in [-0.2, -0.15) is 9.78 Å². The average molecular weight is 427 g/mol. The SMILES string of the molecule is CC(OC(=O)c1nn(-c2ccccc2)c(=O)c2ccccc12)C(=O)N(C)c1ccccc1. The van der Waals surface area contributed by atoms with E-state index >= 15 is 0 Å². The summed E-state index contributed by atoms with van der Waals surface area (Å²) in [5, 5.41) is 4.99. The third kappa shape index (κ3) is 4.00. The first-order valence-corrected chi connectivity index (χ1v) is 10.1. The van der Waals surface area contributed by atoms with Gasteiger partial charge < -0.3 is 9.64 Å². The van der Waals surface area contributed by atoms with Gasteiger partial charge in [-0.3, -0.25) is 9.59 Å². The second-order valence-corrected chi connectivity index (χ2v) is 7.23. The summed E-state index contributed by atoms with van der Waals surface area (Å²) in [4.78, 5) is 40.2. The van der Waals surface area contributed by atoms with Crippen LogP contribution >= 0.6 is 0 Å². The lowest BCUT2D eigenvalue weighted by molar-refractivity contribution is -0.126. The van der Waals surface area contributed by atoms with Crippen molar-refractivity contribution in [1.29, 1.82) is 0 Å². The molecule has 0 spiro atoms. The number of benzene rings is 3. The number of esters is 1. The Balaban J connectivity index is 1.68. The zero-order valence-electron chi connectivity index (χ0n) is 17.6. The predicted molar refractivity (Wildman–Crippen MR) is 122 cm³/mol. The number of ether oxygens (including phenoxy) is 1. The van der Waals surface area contributed by atoms with Gasteiger partial charge in [0.1, 0.15) is 0 Å². The maximum Gasteiger partial charge on any atom is 0.360 e. The Kier molecular flexibility index (Phi) is 5.81. The van der Waals surface area contributed by atoms with Crippen LogP contribution < -0.4 is 10.5 Å². The van der Waals surface area contributed by atoms with Crippen LogP contribution in [0.15, 0.2) is 89.7 Å². The molecule has 0 saturated heterocycles. The Labute approximate surface area is 184 Å². The van der Waals surface area contributed by atoms with E-state index in [0.717, 1.165) is 0 Å². The molecule has 160 valence electrons. The number of hydrogen-bond donors (Lipinski definition) is 0. The van der Waals surface area contributed by atoms with Gasteiger partial charge in [-0.1, -0.05) is 54.6 Å². The third-order valence-electron chi connectivity index (χ3n) is 5.10. The maximum absolute atomic E-state index is 13.1. The second-order valence-electron chi connectivity index (χ2n) is 7.23. The van der Waals surface area contributed by atoms with Gasteiger partial charge in [0.05, 0.1) is 11.1 Å². The molecule has 0 aliphatic heterocycles. The molecule has 7 nitrogen and oxygen atoms in total. The van der Waals surface area contributed by atoms with Gasteiger partial charge in [-0.15, -0.1) is 0 Å².